The molecule has 0 aliphatic carbocycles. The van der Waals surface area contributed by atoms with Crippen LogP contribution in [-0.4, -0.2) is 28.3 Å². The Labute approximate surface area is 101 Å². The summed E-state index contributed by atoms with van der Waals surface area (Å²) in [5.41, 5.74) is 0.894. The fourth-order valence-corrected chi connectivity index (χ4v) is 1.55. The highest BCUT2D eigenvalue weighted by Gasteiger charge is 2.19. The normalized spacial score (nSPS) is 14.2. The van der Waals surface area contributed by atoms with Crippen LogP contribution < -0.4 is 5.32 Å². The van der Waals surface area contributed by atoms with Crippen LogP contribution in [0.1, 0.15) is 25.8 Å². The second kappa shape index (κ2) is 6.25. The average Bonchev–Trinajstić information content (AvgIpc) is 2.30. The minimum atomic E-state index is -0.849. The Morgan fingerprint density at radius 3 is 2.41 bits per heavy atom. The number of nitrogens with one attached hydrogen (secondary N) is 1. The van der Waals surface area contributed by atoms with Crippen molar-refractivity contribution in [3.05, 3.63) is 29.8 Å². The van der Waals surface area contributed by atoms with Crippen molar-refractivity contribution in [3.8, 4) is 5.75 Å². The van der Waals surface area contributed by atoms with E-state index in [0.29, 0.717) is 6.42 Å². The fourth-order valence-electron chi connectivity index (χ4n) is 1.55. The third kappa shape index (κ3) is 4.44. The van der Waals surface area contributed by atoms with Crippen molar-refractivity contribution in [1.29, 1.82) is 0 Å². The Bertz CT molecular complexity index is 361. The van der Waals surface area contributed by atoms with Crippen LogP contribution in [0, 0.1) is 0 Å². The van der Waals surface area contributed by atoms with Crippen LogP contribution in [0.25, 0.3) is 0 Å². The minimum Gasteiger partial charge on any atom is -0.508 e. The van der Waals surface area contributed by atoms with E-state index in [9.17, 15) is 4.79 Å². The van der Waals surface area contributed by atoms with E-state index in [2.05, 4.69) is 5.32 Å². The van der Waals surface area contributed by atoms with E-state index < -0.39 is 12.0 Å². The molecule has 17 heavy (non-hydrogen) atoms. The third-order valence-corrected chi connectivity index (χ3v) is 2.77. The van der Waals surface area contributed by atoms with Gasteiger partial charge in [-0.15, -0.1) is 0 Å². The van der Waals surface area contributed by atoms with Gasteiger partial charge in [0.05, 0.1) is 0 Å². The standard InChI is InChI=1S/C13H19NO3/c1-3-9(2)14-12(13(16)17)8-10-4-6-11(15)7-5-10/h4-7,9,12,14-15H,3,8H2,1-2H3,(H,16,17). The summed E-state index contributed by atoms with van der Waals surface area (Å²) < 4.78 is 0. The fraction of sp³-hybridized carbons (Fsp3) is 0.462. The molecule has 0 saturated carbocycles. The van der Waals surface area contributed by atoms with Crippen molar-refractivity contribution in [3.63, 3.8) is 0 Å². The first-order valence-corrected chi connectivity index (χ1v) is 5.79. The number of phenolic OH excluding ortho intramolecular Hbond substituents is 1. The predicted molar refractivity (Wildman–Crippen MR) is 66.1 cm³/mol. The number of carboxylic acids is 1. The van der Waals surface area contributed by atoms with Gasteiger partial charge in [0.1, 0.15) is 11.8 Å². The van der Waals surface area contributed by atoms with Gasteiger partial charge in [-0.3, -0.25) is 4.79 Å². The number of hydrogen-bond acceptors (Lipinski definition) is 3. The van der Waals surface area contributed by atoms with Gasteiger partial charge in [0.2, 0.25) is 0 Å². The van der Waals surface area contributed by atoms with Gasteiger partial charge in [0, 0.05) is 6.04 Å². The SMILES string of the molecule is CCC(C)NC(Cc1ccc(O)cc1)C(=O)O. The molecule has 0 spiro atoms. The van der Waals surface area contributed by atoms with Crippen molar-refractivity contribution < 1.29 is 15.0 Å². The number of aromatic hydroxyl groups is 1. The quantitative estimate of drug-likeness (QED) is 0.705. The zero-order valence-corrected chi connectivity index (χ0v) is 10.2. The Morgan fingerprint density at radius 1 is 1.35 bits per heavy atom. The van der Waals surface area contributed by atoms with E-state index >= 15 is 0 Å². The molecule has 0 heterocycles. The molecular weight excluding hydrogens is 218 g/mol. The maximum Gasteiger partial charge on any atom is 0.321 e. The first-order chi connectivity index (χ1) is 8.02. The summed E-state index contributed by atoms with van der Waals surface area (Å²) in [5, 5.41) is 21.3. The van der Waals surface area contributed by atoms with Crippen molar-refractivity contribution in [2.45, 2.75) is 38.8 Å². The maximum absolute atomic E-state index is 11.1. The van der Waals surface area contributed by atoms with Crippen LogP contribution in [0.2, 0.25) is 0 Å². The summed E-state index contributed by atoms with van der Waals surface area (Å²) in [4.78, 5) is 11.1. The highest BCUT2D eigenvalue weighted by Crippen LogP contribution is 2.11. The Kier molecular flexibility index (Phi) is 4.97. The van der Waals surface area contributed by atoms with Gasteiger partial charge < -0.3 is 15.5 Å². The van der Waals surface area contributed by atoms with Crippen molar-refractivity contribution in [2.24, 2.45) is 0 Å². The van der Waals surface area contributed by atoms with E-state index in [1.807, 2.05) is 13.8 Å². The van der Waals surface area contributed by atoms with Gasteiger partial charge in [-0.25, -0.2) is 0 Å². The second-order valence-electron chi connectivity index (χ2n) is 4.24. The van der Waals surface area contributed by atoms with Crippen LogP contribution in [0.15, 0.2) is 24.3 Å². The zero-order valence-electron chi connectivity index (χ0n) is 10.2. The Hall–Kier alpha value is -1.55. The maximum atomic E-state index is 11.1. The molecule has 0 aliphatic rings. The van der Waals surface area contributed by atoms with E-state index in [1.54, 1.807) is 24.3 Å². The smallest absolute Gasteiger partial charge is 0.321 e. The number of carbonyl (C=O) groups is 1. The molecule has 3 N–H and O–H groups in total. The molecule has 2 unspecified atom stereocenters. The van der Waals surface area contributed by atoms with E-state index in [-0.39, 0.29) is 11.8 Å². The molecule has 1 rings (SSSR count). The van der Waals surface area contributed by atoms with E-state index in [0.717, 1.165) is 12.0 Å². The van der Waals surface area contributed by atoms with Crippen molar-refractivity contribution in [2.75, 3.05) is 0 Å². The first-order valence-electron chi connectivity index (χ1n) is 5.79. The molecule has 0 fully saturated rings. The average molecular weight is 237 g/mol. The molecule has 0 saturated heterocycles. The lowest BCUT2D eigenvalue weighted by Gasteiger charge is -2.19. The summed E-state index contributed by atoms with van der Waals surface area (Å²) in [6.07, 6.45) is 1.30. The van der Waals surface area contributed by atoms with Gasteiger partial charge in [-0.2, -0.15) is 0 Å². The Balaban J connectivity index is 2.66. The van der Waals surface area contributed by atoms with Crippen LogP contribution in [0.5, 0.6) is 5.75 Å². The summed E-state index contributed by atoms with van der Waals surface area (Å²) in [6.45, 7) is 3.98. The molecule has 4 heteroatoms. The topological polar surface area (TPSA) is 69.6 Å². The molecule has 0 aromatic heterocycles. The van der Waals surface area contributed by atoms with Crippen LogP contribution >= 0.6 is 0 Å². The lowest BCUT2D eigenvalue weighted by Crippen LogP contribution is -2.43. The highest BCUT2D eigenvalue weighted by atomic mass is 16.4. The molecule has 94 valence electrons. The van der Waals surface area contributed by atoms with E-state index in [4.69, 9.17) is 10.2 Å². The number of carboxylic acid groups (broad SMARTS) is 1. The minimum absolute atomic E-state index is 0.174. The molecule has 1 aromatic carbocycles. The summed E-state index contributed by atoms with van der Waals surface area (Å²) in [6, 6.07) is 6.20. The largest absolute Gasteiger partial charge is 0.508 e. The number of rotatable bonds is 6. The number of phenols is 1. The lowest BCUT2D eigenvalue weighted by molar-refractivity contribution is -0.139. The number of benzene rings is 1. The van der Waals surface area contributed by atoms with Gasteiger partial charge in [0.15, 0.2) is 0 Å². The van der Waals surface area contributed by atoms with Crippen molar-refractivity contribution >= 4 is 5.97 Å². The molecule has 4 nitrogen and oxygen atoms in total. The van der Waals surface area contributed by atoms with E-state index in [1.165, 1.54) is 0 Å². The van der Waals surface area contributed by atoms with Gasteiger partial charge in [-0.05, 0) is 37.5 Å². The highest BCUT2D eigenvalue weighted by molar-refractivity contribution is 5.74. The molecular formula is C13H19NO3. The predicted octanol–water partition coefficient (Wildman–Crippen LogP) is 1.78. The molecule has 0 bridgehead atoms. The van der Waals surface area contributed by atoms with Crippen LogP contribution in [0.4, 0.5) is 0 Å². The monoisotopic (exact) mass is 237 g/mol. The van der Waals surface area contributed by atoms with Crippen LogP contribution in [0.3, 0.4) is 0 Å². The molecule has 0 aliphatic heterocycles. The molecule has 1 aromatic rings. The second-order valence-corrected chi connectivity index (χ2v) is 4.24. The number of aliphatic carboxylic acids is 1. The summed E-state index contributed by atoms with van der Waals surface area (Å²) >= 11 is 0. The Morgan fingerprint density at radius 2 is 1.94 bits per heavy atom. The van der Waals surface area contributed by atoms with Gasteiger partial charge in [0.25, 0.3) is 0 Å². The zero-order chi connectivity index (χ0) is 12.8. The summed E-state index contributed by atoms with van der Waals surface area (Å²) in [7, 11) is 0. The van der Waals surface area contributed by atoms with Gasteiger partial charge >= 0.3 is 5.97 Å². The lowest BCUT2D eigenvalue weighted by atomic mass is 10.0. The van der Waals surface area contributed by atoms with Gasteiger partial charge in [-0.1, -0.05) is 19.1 Å². The molecule has 2 atom stereocenters. The van der Waals surface area contributed by atoms with Crippen LogP contribution in [-0.2, 0) is 11.2 Å². The van der Waals surface area contributed by atoms with Crippen molar-refractivity contribution in [1.82, 2.24) is 5.32 Å². The third-order valence-electron chi connectivity index (χ3n) is 2.77. The summed E-state index contributed by atoms with van der Waals surface area (Å²) in [5.74, 6) is -0.658. The molecule has 0 amide bonds. The molecule has 0 radical (unpaired) electrons. The number of hydrogen-bond donors (Lipinski definition) is 3. The first kappa shape index (κ1) is 13.5.